The number of benzene rings is 5. The van der Waals surface area contributed by atoms with Gasteiger partial charge in [-0.15, -0.1) is 0 Å². The Hall–Kier alpha value is -5.43. The molecule has 0 aliphatic rings. The topological polar surface area (TPSA) is 102 Å². The lowest BCUT2D eigenvalue weighted by molar-refractivity contribution is -0.115. The fourth-order valence-corrected chi connectivity index (χ4v) is 4.18. The summed E-state index contributed by atoms with van der Waals surface area (Å²) >= 11 is 0. The van der Waals surface area contributed by atoms with Crippen molar-refractivity contribution in [3.8, 4) is 17.2 Å². The zero-order valence-electron chi connectivity index (χ0n) is 21.4. The molecule has 0 fully saturated rings. The van der Waals surface area contributed by atoms with Crippen molar-refractivity contribution in [2.24, 2.45) is 0 Å². The van der Waals surface area contributed by atoms with Crippen molar-refractivity contribution in [3.05, 3.63) is 132 Å². The van der Waals surface area contributed by atoms with Gasteiger partial charge in [0.2, 0.25) is 5.91 Å². The first-order valence-electron chi connectivity index (χ1n) is 12.6. The van der Waals surface area contributed by atoms with E-state index in [1.165, 1.54) is 6.07 Å². The number of fused-ring (bicyclic) bond motifs is 1. The van der Waals surface area contributed by atoms with Gasteiger partial charge in [-0.3, -0.25) is 9.59 Å². The van der Waals surface area contributed by atoms with Crippen LogP contribution in [0, 0.1) is 0 Å². The van der Waals surface area contributed by atoms with Gasteiger partial charge in [-0.25, -0.2) is 4.79 Å². The Morgan fingerprint density at radius 3 is 2.02 bits per heavy atom. The molecule has 2 N–H and O–H groups in total. The molecular formula is C33H25NO6. The van der Waals surface area contributed by atoms with Crippen LogP contribution in [0.5, 0.6) is 17.2 Å². The maximum atomic E-state index is 12.5. The highest BCUT2D eigenvalue weighted by molar-refractivity contribution is 6.01. The molecule has 0 saturated heterocycles. The van der Waals surface area contributed by atoms with Crippen LogP contribution in [0.1, 0.15) is 26.3 Å². The standard InChI is InChI=1S/C33H25NO6/c35-31(23-6-2-1-3-7-23)21-39-27-16-12-25-20-28(17-13-24(25)19-27)40-26-14-10-22(11-15-26)18-32(36)34-30-9-5-4-8-29(30)33(37)38/h1-17,19-20H,18,21H2,(H,34,36)(H,37,38). The second kappa shape index (κ2) is 12.0. The number of para-hydroxylation sites is 1. The van der Waals surface area contributed by atoms with Crippen LogP contribution < -0.4 is 14.8 Å². The third-order valence-electron chi connectivity index (χ3n) is 6.20. The van der Waals surface area contributed by atoms with Crippen molar-refractivity contribution in [1.29, 1.82) is 0 Å². The van der Waals surface area contributed by atoms with Crippen LogP contribution in [0.25, 0.3) is 10.8 Å². The Balaban J connectivity index is 1.18. The predicted molar refractivity (Wildman–Crippen MR) is 152 cm³/mol. The Kier molecular flexibility index (Phi) is 7.83. The normalized spacial score (nSPS) is 10.6. The molecular weight excluding hydrogens is 506 g/mol. The van der Waals surface area contributed by atoms with E-state index in [0.29, 0.717) is 22.8 Å². The minimum Gasteiger partial charge on any atom is -0.485 e. The molecule has 1 amide bonds. The second-order valence-corrected chi connectivity index (χ2v) is 9.07. The van der Waals surface area contributed by atoms with Gasteiger partial charge in [0, 0.05) is 5.56 Å². The highest BCUT2D eigenvalue weighted by Crippen LogP contribution is 2.28. The van der Waals surface area contributed by atoms with E-state index in [-0.39, 0.29) is 36.0 Å². The van der Waals surface area contributed by atoms with E-state index in [1.807, 2.05) is 54.6 Å². The molecule has 7 heteroatoms. The van der Waals surface area contributed by atoms with E-state index in [0.717, 1.165) is 16.3 Å². The number of hydrogen-bond acceptors (Lipinski definition) is 5. The molecule has 0 aliphatic carbocycles. The molecule has 198 valence electrons. The molecule has 0 radical (unpaired) electrons. The van der Waals surface area contributed by atoms with Crippen LogP contribution in [0.4, 0.5) is 5.69 Å². The molecule has 0 spiro atoms. The lowest BCUT2D eigenvalue weighted by atomic mass is 10.1. The summed E-state index contributed by atoms with van der Waals surface area (Å²) in [5.41, 5.74) is 1.67. The molecule has 5 rings (SSSR count). The molecule has 0 aromatic heterocycles. The number of hydrogen-bond donors (Lipinski definition) is 2. The number of ketones is 1. The summed E-state index contributed by atoms with van der Waals surface area (Å²) < 4.78 is 11.7. The molecule has 7 nitrogen and oxygen atoms in total. The van der Waals surface area contributed by atoms with Crippen LogP contribution in [-0.2, 0) is 11.2 Å². The minimum atomic E-state index is -1.10. The maximum absolute atomic E-state index is 12.5. The largest absolute Gasteiger partial charge is 0.485 e. The molecule has 0 saturated carbocycles. The van der Waals surface area contributed by atoms with Gasteiger partial charge in [-0.2, -0.15) is 0 Å². The smallest absolute Gasteiger partial charge is 0.337 e. The molecule has 40 heavy (non-hydrogen) atoms. The van der Waals surface area contributed by atoms with E-state index in [2.05, 4.69) is 5.32 Å². The van der Waals surface area contributed by atoms with E-state index in [4.69, 9.17) is 9.47 Å². The number of anilines is 1. The van der Waals surface area contributed by atoms with Crippen LogP contribution in [0.15, 0.2) is 115 Å². The number of carbonyl (C=O) groups excluding carboxylic acids is 2. The van der Waals surface area contributed by atoms with Crippen LogP contribution in [-0.4, -0.2) is 29.4 Å². The van der Waals surface area contributed by atoms with Crippen molar-refractivity contribution in [1.82, 2.24) is 0 Å². The van der Waals surface area contributed by atoms with Crippen molar-refractivity contribution in [2.45, 2.75) is 6.42 Å². The second-order valence-electron chi connectivity index (χ2n) is 9.07. The average Bonchev–Trinajstić information content (AvgIpc) is 2.97. The third kappa shape index (κ3) is 6.52. The molecule has 5 aromatic carbocycles. The van der Waals surface area contributed by atoms with E-state index in [1.54, 1.807) is 54.6 Å². The number of carbonyl (C=O) groups is 3. The average molecular weight is 532 g/mol. The van der Waals surface area contributed by atoms with Gasteiger partial charge >= 0.3 is 5.97 Å². The highest BCUT2D eigenvalue weighted by atomic mass is 16.5. The quantitative estimate of drug-likeness (QED) is 0.193. The first-order chi connectivity index (χ1) is 19.4. The minimum absolute atomic E-state index is 0.0377. The van der Waals surface area contributed by atoms with Gasteiger partial charge in [-0.1, -0.05) is 66.7 Å². The van der Waals surface area contributed by atoms with Gasteiger partial charge < -0.3 is 19.9 Å². The van der Waals surface area contributed by atoms with Crippen molar-refractivity contribution in [3.63, 3.8) is 0 Å². The summed E-state index contributed by atoms with van der Waals surface area (Å²) in [5, 5.41) is 13.8. The van der Waals surface area contributed by atoms with E-state index in [9.17, 15) is 19.5 Å². The number of aromatic carboxylic acids is 1. The molecule has 0 heterocycles. The first kappa shape index (κ1) is 26.2. The number of ether oxygens (including phenoxy) is 2. The van der Waals surface area contributed by atoms with Crippen LogP contribution in [0.2, 0.25) is 0 Å². The zero-order chi connectivity index (χ0) is 27.9. The molecule has 0 unspecified atom stereocenters. The van der Waals surface area contributed by atoms with Gasteiger partial charge in [0.05, 0.1) is 17.7 Å². The number of amides is 1. The van der Waals surface area contributed by atoms with Crippen LogP contribution >= 0.6 is 0 Å². The van der Waals surface area contributed by atoms with Gasteiger partial charge in [0.15, 0.2) is 12.4 Å². The predicted octanol–water partition coefficient (Wildman–Crippen LogP) is 6.77. The first-order valence-corrected chi connectivity index (χ1v) is 12.6. The molecule has 0 aliphatic heterocycles. The zero-order valence-corrected chi connectivity index (χ0v) is 21.4. The monoisotopic (exact) mass is 531 g/mol. The van der Waals surface area contributed by atoms with Crippen LogP contribution in [0.3, 0.4) is 0 Å². The molecule has 5 aromatic rings. The lowest BCUT2D eigenvalue weighted by Gasteiger charge is -2.10. The molecule has 0 bridgehead atoms. The number of rotatable bonds is 10. The lowest BCUT2D eigenvalue weighted by Crippen LogP contribution is -2.16. The Morgan fingerprint density at radius 1 is 0.675 bits per heavy atom. The van der Waals surface area contributed by atoms with Crippen molar-refractivity contribution < 1.29 is 29.0 Å². The number of carboxylic acids is 1. The third-order valence-corrected chi connectivity index (χ3v) is 6.20. The summed E-state index contributed by atoms with van der Waals surface area (Å²) in [7, 11) is 0. The fraction of sp³-hybridized carbons (Fsp3) is 0.0606. The Bertz CT molecular complexity index is 1680. The summed E-state index contributed by atoms with van der Waals surface area (Å²) in [5.74, 6) is 0.367. The summed E-state index contributed by atoms with van der Waals surface area (Å²) in [6, 6.07) is 33.7. The Labute approximate surface area is 230 Å². The maximum Gasteiger partial charge on any atom is 0.337 e. The van der Waals surface area contributed by atoms with Crippen molar-refractivity contribution in [2.75, 3.05) is 11.9 Å². The Morgan fingerprint density at radius 2 is 1.30 bits per heavy atom. The highest BCUT2D eigenvalue weighted by Gasteiger charge is 2.12. The number of Topliss-reactive ketones (excluding diaryl/α,β-unsaturated/α-hetero) is 1. The van der Waals surface area contributed by atoms with Gasteiger partial charge in [0.25, 0.3) is 0 Å². The summed E-state index contributed by atoms with van der Waals surface area (Å²) in [6.45, 7) is -0.0377. The summed E-state index contributed by atoms with van der Waals surface area (Å²) in [4.78, 5) is 36.1. The van der Waals surface area contributed by atoms with Gasteiger partial charge in [0.1, 0.15) is 17.2 Å². The van der Waals surface area contributed by atoms with E-state index >= 15 is 0 Å². The van der Waals surface area contributed by atoms with E-state index < -0.39 is 5.97 Å². The molecule has 0 atom stereocenters. The van der Waals surface area contributed by atoms with Crippen molar-refractivity contribution >= 4 is 34.1 Å². The number of nitrogens with one attached hydrogen (secondary N) is 1. The SMILES string of the molecule is O=C(Cc1ccc(Oc2ccc3cc(OCC(=O)c4ccccc4)ccc3c2)cc1)Nc1ccccc1C(=O)O. The summed E-state index contributed by atoms with van der Waals surface area (Å²) in [6.07, 6.45) is 0.0888. The van der Waals surface area contributed by atoms with Gasteiger partial charge in [-0.05, 0) is 64.9 Å². The number of carboxylic acid groups (broad SMARTS) is 1. The fourth-order valence-electron chi connectivity index (χ4n) is 4.18.